The van der Waals surface area contributed by atoms with Crippen molar-refractivity contribution in [2.75, 3.05) is 0 Å². The molecule has 0 bridgehead atoms. The third-order valence-electron chi connectivity index (χ3n) is 4.68. The largest absolute Gasteiger partial charge is 0.507 e. The lowest BCUT2D eigenvalue weighted by Gasteiger charge is -2.28. The molecular formula is C36H62O3. The van der Waals surface area contributed by atoms with Crippen LogP contribution in [0, 0.1) is 107 Å². The van der Waals surface area contributed by atoms with Gasteiger partial charge in [0.1, 0.15) is 11.9 Å². The molecule has 0 aromatic heterocycles. The van der Waals surface area contributed by atoms with Crippen LogP contribution in [-0.4, -0.2) is 11.1 Å². The van der Waals surface area contributed by atoms with Crippen LogP contribution in [0.25, 0.3) is 0 Å². The van der Waals surface area contributed by atoms with Crippen LogP contribution in [0.2, 0.25) is 0 Å². The molecule has 3 nitrogen and oxygen atoms in total. The molecule has 0 spiro atoms. The molecule has 0 amide bonds. The zero-order chi connectivity index (χ0) is 29.2. The summed E-state index contributed by atoms with van der Waals surface area (Å²) in [7, 11) is 0. The summed E-state index contributed by atoms with van der Waals surface area (Å²) in [6.45, 7) is 14.0. The van der Waals surface area contributed by atoms with Crippen LogP contribution in [0.15, 0.2) is 12.1 Å². The molecule has 1 aromatic carbocycles. The van der Waals surface area contributed by atoms with Crippen molar-refractivity contribution in [3.63, 3.8) is 0 Å². The molecule has 0 heterocycles. The number of carbonyl (C=O) groups excluding carboxylic acids is 1. The van der Waals surface area contributed by atoms with Crippen LogP contribution in [0.1, 0.15) is 95.8 Å². The van der Waals surface area contributed by atoms with Crippen LogP contribution in [0.3, 0.4) is 0 Å². The van der Waals surface area contributed by atoms with Gasteiger partial charge in [0.05, 0.1) is 6.42 Å². The summed E-state index contributed by atoms with van der Waals surface area (Å²) >= 11 is 0. The quantitative estimate of drug-likeness (QED) is 0.307. The number of benzene rings is 1. The lowest BCUT2D eigenvalue weighted by atomic mass is 9.78. The van der Waals surface area contributed by atoms with Gasteiger partial charge in [-0.25, -0.2) is 0 Å². The van der Waals surface area contributed by atoms with Gasteiger partial charge in [-0.1, -0.05) is 59.6 Å². The molecule has 0 aliphatic rings. The third-order valence-corrected chi connectivity index (χ3v) is 4.68. The van der Waals surface area contributed by atoms with E-state index in [1.54, 1.807) is 6.92 Å². The van der Waals surface area contributed by atoms with Crippen LogP contribution in [0.5, 0.6) is 5.75 Å². The van der Waals surface area contributed by atoms with E-state index in [1.807, 2.05) is 53.7 Å². The van der Waals surface area contributed by atoms with Gasteiger partial charge in [0, 0.05) is 71.6 Å². The number of aromatic hydroxyl groups is 1. The van der Waals surface area contributed by atoms with Gasteiger partial charge in [-0.3, -0.25) is 4.79 Å². The molecule has 0 saturated carbocycles. The van der Waals surface area contributed by atoms with E-state index in [0.29, 0.717) is 12.2 Å². The minimum absolute atomic E-state index is 0. The molecule has 0 aliphatic carbocycles. The van der Waals surface area contributed by atoms with E-state index >= 15 is 0 Å². The first-order valence-corrected chi connectivity index (χ1v) is 11.9. The van der Waals surface area contributed by atoms with Crippen molar-refractivity contribution in [1.82, 2.24) is 0 Å². The highest BCUT2D eigenvalue weighted by molar-refractivity contribution is 5.71. The highest BCUT2D eigenvalue weighted by Crippen LogP contribution is 2.39. The molecule has 1 rings (SSSR count). The van der Waals surface area contributed by atoms with Crippen molar-refractivity contribution in [3.05, 3.63) is 28.8 Å². The first kappa shape index (κ1) is 31.6. The van der Waals surface area contributed by atoms with E-state index in [9.17, 15) is 9.90 Å². The summed E-state index contributed by atoms with van der Waals surface area (Å²) in [5.74, 6) is 42.5. The molecular weight excluding hydrogens is 480 g/mol. The van der Waals surface area contributed by atoms with E-state index in [2.05, 4.69) is 107 Å². The molecule has 1 N–H and O–H groups in total. The Morgan fingerprint density at radius 3 is 1.41 bits per heavy atom. The number of rotatable bonds is 3. The summed E-state index contributed by atoms with van der Waals surface area (Å²) in [5, 5.41) is 10.8. The number of esters is 1. The Hall–Kier alpha value is -5.47. The lowest BCUT2D eigenvalue weighted by Crippen LogP contribution is -2.18. The fraction of sp³-hybridized carbons (Fsp3) is 0.306. The van der Waals surface area contributed by atoms with Crippen LogP contribution < -0.4 is 0 Å². The van der Waals surface area contributed by atoms with Crippen molar-refractivity contribution in [3.8, 4) is 113 Å². The summed E-state index contributed by atoms with van der Waals surface area (Å²) in [5.41, 5.74) is 2.18. The van der Waals surface area contributed by atoms with Gasteiger partial charge < -0.3 is 9.84 Å². The van der Waals surface area contributed by atoms with E-state index < -0.39 is 5.97 Å². The van der Waals surface area contributed by atoms with E-state index in [4.69, 9.17) is 4.74 Å². The summed E-state index contributed by atoms with van der Waals surface area (Å²) < 4.78 is 4.92. The fourth-order valence-electron chi connectivity index (χ4n) is 2.89. The van der Waals surface area contributed by atoms with Crippen molar-refractivity contribution in [2.45, 2.75) is 72.1 Å². The maximum absolute atomic E-state index is 12.1. The Morgan fingerprint density at radius 2 is 1.05 bits per heavy atom. The van der Waals surface area contributed by atoms with Crippen LogP contribution >= 0.6 is 0 Å². The smallest absolute Gasteiger partial charge is 0.320 e. The number of phenols is 1. The molecule has 0 radical (unpaired) electrons. The average molecular weight is 543 g/mol. The van der Waals surface area contributed by atoms with Gasteiger partial charge >= 0.3 is 5.97 Å². The Bertz CT molecular complexity index is 1680. The Morgan fingerprint density at radius 1 is 0.692 bits per heavy atom. The highest BCUT2D eigenvalue weighted by atomic mass is 16.5. The zero-order valence-corrected chi connectivity index (χ0v) is 23.3. The van der Waals surface area contributed by atoms with E-state index in [0.717, 1.165) is 16.7 Å². The second-order valence-corrected chi connectivity index (χ2v) is 9.87. The first-order chi connectivity index (χ1) is 18.5. The van der Waals surface area contributed by atoms with Crippen molar-refractivity contribution in [2.24, 2.45) is 0 Å². The average Bonchev–Trinajstić information content (AvgIpc) is 2.86. The SMILES string of the molecule is CC#CC#CC#CC#CC#CC#CC#CC#CC#COC(=O)CCc1cc(C(C)(C)C)c(O)c(C(C)(C)C)c1.[HH].[HH].[HH].[HH].[HH].[HH].[HH].[HH].[HH].[HH].[HH].[HH].[HH].[HH].[HH].[HH].[HH]. The number of hydrogen-bond acceptors (Lipinski definition) is 3. The Kier molecular flexibility index (Phi) is 13.2. The molecule has 3 heteroatoms. The minimum atomic E-state index is -0.463. The van der Waals surface area contributed by atoms with Gasteiger partial charge in [0.25, 0.3) is 0 Å². The highest BCUT2D eigenvalue weighted by Gasteiger charge is 2.26. The van der Waals surface area contributed by atoms with Crippen molar-refractivity contribution >= 4 is 5.97 Å². The second kappa shape index (κ2) is 16.3. The standard InChI is InChI=1S/C36H28O3.17H2/c1-8-9-10-11-12-13-14-15-16-17-18-19-20-21-22-23-24-27-39-33(37)26-25-30-28-31(35(2,3)4)34(38)32(29-30)36(5,6)7;;;;;;;;;;;;;;;;;/h28-29,38H,25-26H2,1-7H3;17*1H. The molecule has 0 saturated heterocycles. The molecule has 224 valence electrons. The van der Waals surface area contributed by atoms with Crippen LogP contribution in [-0.2, 0) is 26.8 Å². The molecule has 39 heavy (non-hydrogen) atoms. The topological polar surface area (TPSA) is 46.5 Å². The second-order valence-electron chi connectivity index (χ2n) is 9.87. The van der Waals surface area contributed by atoms with Crippen LogP contribution in [0.4, 0.5) is 0 Å². The molecule has 1 aromatic rings. The van der Waals surface area contributed by atoms with Gasteiger partial charge in [-0.15, -0.1) is 0 Å². The van der Waals surface area contributed by atoms with Gasteiger partial charge in [-0.2, -0.15) is 0 Å². The predicted molar refractivity (Wildman–Crippen MR) is 192 cm³/mol. The maximum atomic E-state index is 12.1. The molecule has 0 aliphatic heterocycles. The van der Waals surface area contributed by atoms with Crippen molar-refractivity contribution < 1.29 is 38.9 Å². The van der Waals surface area contributed by atoms with Crippen molar-refractivity contribution in [1.29, 1.82) is 0 Å². The number of aryl methyl sites for hydroxylation is 1. The van der Waals surface area contributed by atoms with Gasteiger partial charge in [-0.05, 0) is 88.2 Å². The number of hydrogen-bond donors (Lipinski definition) is 1. The number of phenolic OH excluding ortho intramolecular Hbond substituents is 1. The van der Waals surface area contributed by atoms with Gasteiger partial charge in [0.15, 0.2) is 0 Å². The molecule has 0 fully saturated rings. The fourth-order valence-corrected chi connectivity index (χ4v) is 2.89. The summed E-state index contributed by atoms with van der Waals surface area (Å²) in [6, 6.07) is 3.90. The summed E-state index contributed by atoms with van der Waals surface area (Å²) in [6.07, 6.45) is 2.89. The third kappa shape index (κ3) is 13.4. The minimum Gasteiger partial charge on any atom is -0.507 e. The molecule has 0 atom stereocenters. The normalized spacial score (nSPS) is 8.49. The van der Waals surface area contributed by atoms with E-state index in [-0.39, 0.29) is 41.5 Å². The number of ether oxygens (including phenoxy) is 1. The first-order valence-electron chi connectivity index (χ1n) is 11.9. The van der Waals surface area contributed by atoms with Gasteiger partial charge in [0.2, 0.25) is 0 Å². The Labute approximate surface area is 259 Å². The Balaban J connectivity index is -0.0000000596. The molecule has 0 unspecified atom stereocenters. The zero-order valence-electron chi connectivity index (χ0n) is 23.3. The number of carbonyl (C=O) groups is 1. The summed E-state index contributed by atoms with van der Waals surface area (Å²) in [4.78, 5) is 12.1. The predicted octanol–water partition coefficient (Wildman–Crippen LogP) is 8.65. The monoisotopic (exact) mass is 542 g/mol. The lowest BCUT2D eigenvalue weighted by molar-refractivity contribution is -0.136. The maximum Gasteiger partial charge on any atom is 0.320 e. The van der Waals surface area contributed by atoms with E-state index in [1.165, 1.54) is 0 Å².